The van der Waals surface area contributed by atoms with E-state index in [-0.39, 0.29) is 0 Å². The molecule has 0 bridgehead atoms. The van der Waals surface area contributed by atoms with Crippen molar-refractivity contribution in [3.8, 4) is 5.69 Å². The number of hydrogen-bond acceptors (Lipinski definition) is 2. The molecule has 3 rings (SSSR count). The molecule has 1 heterocycles. The molecule has 0 unspecified atom stereocenters. The average Bonchev–Trinajstić information content (AvgIpc) is 2.98. The summed E-state index contributed by atoms with van der Waals surface area (Å²) in [7, 11) is 0. The maximum absolute atomic E-state index is 4.57. The Kier molecular flexibility index (Phi) is 3.90. The third-order valence-electron chi connectivity index (χ3n) is 3.14. The van der Waals surface area contributed by atoms with E-state index in [0.717, 1.165) is 24.5 Å². The summed E-state index contributed by atoms with van der Waals surface area (Å²) in [5.74, 6) is 0. The first-order chi connectivity index (χ1) is 9.92. The lowest BCUT2D eigenvalue weighted by molar-refractivity contribution is 0.669. The van der Waals surface area contributed by atoms with Crippen molar-refractivity contribution in [2.75, 3.05) is 0 Å². The fourth-order valence-corrected chi connectivity index (χ4v) is 2.11. The van der Waals surface area contributed by atoms with Crippen LogP contribution < -0.4 is 5.32 Å². The zero-order chi connectivity index (χ0) is 13.6. The Morgan fingerprint density at radius 1 is 0.800 bits per heavy atom. The molecule has 0 saturated carbocycles. The molecule has 0 spiro atoms. The summed E-state index contributed by atoms with van der Waals surface area (Å²) >= 11 is 0. The smallest absolute Gasteiger partial charge is 0.0766 e. The van der Waals surface area contributed by atoms with Crippen LogP contribution in [0.1, 0.15) is 11.3 Å². The molecule has 0 aliphatic carbocycles. The maximum atomic E-state index is 4.57. The predicted molar refractivity (Wildman–Crippen MR) is 80.5 cm³/mol. The summed E-state index contributed by atoms with van der Waals surface area (Å²) < 4.78 is 1.90. The van der Waals surface area contributed by atoms with E-state index < -0.39 is 0 Å². The molecule has 0 fully saturated rings. The Balaban J connectivity index is 1.58. The van der Waals surface area contributed by atoms with Crippen molar-refractivity contribution in [2.45, 2.75) is 13.1 Å². The minimum atomic E-state index is 0.773. The Morgan fingerprint density at radius 2 is 1.50 bits per heavy atom. The Bertz CT molecular complexity index is 644. The topological polar surface area (TPSA) is 29.9 Å². The Hall–Kier alpha value is -2.39. The first-order valence-electron chi connectivity index (χ1n) is 6.76. The van der Waals surface area contributed by atoms with E-state index in [2.05, 4.69) is 34.7 Å². The highest BCUT2D eigenvalue weighted by Crippen LogP contribution is 2.07. The van der Waals surface area contributed by atoms with Crippen molar-refractivity contribution in [2.24, 2.45) is 0 Å². The van der Waals surface area contributed by atoms with Crippen LogP contribution >= 0.6 is 0 Å². The van der Waals surface area contributed by atoms with E-state index in [1.165, 1.54) is 5.56 Å². The van der Waals surface area contributed by atoms with Gasteiger partial charge in [0, 0.05) is 19.3 Å². The highest BCUT2D eigenvalue weighted by Gasteiger charge is 2.00. The lowest BCUT2D eigenvalue weighted by Crippen LogP contribution is -2.13. The molecule has 1 aromatic heterocycles. The van der Waals surface area contributed by atoms with Gasteiger partial charge in [0.05, 0.1) is 11.4 Å². The van der Waals surface area contributed by atoms with E-state index in [9.17, 15) is 0 Å². The van der Waals surface area contributed by atoms with Gasteiger partial charge in [-0.2, -0.15) is 5.10 Å². The van der Waals surface area contributed by atoms with E-state index in [1.807, 2.05) is 53.3 Å². The lowest BCUT2D eigenvalue weighted by Gasteiger charge is -2.03. The van der Waals surface area contributed by atoms with Crippen molar-refractivity contribution in [3.63, 3.8) is 0 Å². The van der Waals surface area contributed by atoms with Crippen LogP contribution in [0.4, 0.5) is 0 Å². The molecule has 100 valence electrons. The molecule has 1 N–H and O–H groups in total. The molecule has 0 amide bonds. The second-order valence-corrected chi connectivity index (χ2v) is 4.68. The molecule has 0 saturated heterocycles. The van der Waals surface area contributed by atoms with Gasteiger partial charge in [-0.1, -0.05) is 48.5 Å². The summed E-state index contributed by atoms with van der Waals surface area (Å²) in [6.07, 6.45) is 1.99. The molecular weight excluding hydrogens is 246 g/mol. The Labute approximate surface area is 118 Å². The van der Waals surface area contributed by atoms with Gasteiger partial charge in [0.15, 0.2) is 0 Å². The second-order valence-electron chi connectivity index (χ2n) is 4.68. The normalized spacial score (nSPS) is 10.6. The lowest BCUT2D eigenvalue weighted by atomic mass is 10.2. The number of para-hydroxylation sites is 1. The van der Waals surface area contributed by atoms with Crippen molar-refractivity contribution < 1.29 is 0 Å². The molecule has 2 aromatic carbocycles. The van der Waals surface area contributed by atoms with Crippen LogP contribution in [-0.4, -0.2) is 9.78 Å². The van der Waals surface area contributed by atoms with Gasteiger partial charge < -0.3 is 5.32 Å². The summed E-state index contributed by atoms with van der Waals surface area (Å²) in [6, 6.07) is 22.6. The molecule has 20 heavy (non-hydrogen) atoms. The van der Waals surface area contributed by atoms with Crippen LogP contribution in [0.2, 0.25) is 0 Å². The predicted octanol–water partition coefficient (Wildman–Crippen LogP) is 3.16. The minimum absolute atomic E-state index is 0.773. The van der Waals surface area contributed by atoms with Crippen LogP contribution in [-0.2, 0) is 13.1 Å². The number of nitrogens with one attached hydrogen (secondary N) is 1. The monoisotopic (exact) mass is 263 g/mol. The van der Waals surface area contributed by atoms with Crippen LogP contribution in [0.15, 0.2) is 72.9 Å². The number of rotatable bonds is 5. The van der Waals surface area contributed by atoms with Gasteiger partial charge in [-0.15, -0.1) is 0 Å². The zero-order valence-corrected chi connectivity index (χ0v) is 11.2. The molecular formula is C17H17N3. The molecule has 0 aliphatic rings. The molecule has 3 heteroatoms. The first kappa shape index (κ1) is 12.6. The fraction of sp³-hybridized carbons (Fsp3) is 0.118. The van der Waals surface area contributed by atoms with E-state index >= 15 is 0 Å². The zero-order valence-electron chi connectivity index (χ0n) is 11.2. The summed E-state index contributed by atoms with van der Waals surface area (Å²) in [5, 5.41) is 7.97. The van der Waals surface area contributed by atoms with Gasteiger partial charge in [0.2, 0.25) is 0 Å². The van der Waals surface area contributed by atoms with Gasteiger partial charge in [0.1, 0.15) is 0 Å². The third kappa shape index (κ3) is 3.13. The van der Waals surface area contributed by atoms with Crippen LogP contribution in [0.3, 0.4) is 0 Å². The summed E-state index contributed by atoms with van der Waals surface area (Å²) in [5.41, 5.74) is 3.42. The largest absolute Gasteiger partial charge is 0.307 e. The molecule has 0 aliphatic heterocycles. The quantitative estimate of drug-likeness (QED) is 0.766. The first-order valence-corrected chi connectivity index (χ1v) is 6.76. The second kappa shape index (κ2) is 6.17. The minimum Gasteiger partial charge on any atom is -0.307 e. The summed E-state index contributed by atoms with van der Waals surface area (Å²) in [4.78, 5) is 0. The molecule has 0 atom stereocenters. The number of benzene rings is 2. The van der Waals surface area contributed by atoms with Crippen LogP contribution in [0.25, 0.3) is 5.69 Å². The molecule has 3 nitrogen and oxygen atoms in total. The third-order valence-corrected chi connectivity index (χ3v) is 3.14. The number of hydrogen-bond donors (Lipinski definition) is 1. The van der Waals surface area contributed by atoms with Crippen molar-refractivity contribution >= 4 is 0 Å². The maximum Gasteiger partial charge on any atom is 0.0766 e. The van der Waals surface area contributed by atoms with Crippen LogP contribution in [0.5, 0.6) is 0 Å². The fourth-order valence-electron chi connectivity index (χ4n) is 2.11. The highest BCUT2D eigenvalue weighted by atomic mass is 15.3. The van der Waals surface area contributed by atoms with E-state index in [0.29, 0.717) is 0 Å². The number of nitrogens with zero attached hydrogens (tertiary/aromatic N) is 2. The van der Waals surface area contributed by atoms with Crippen molar-refractivity contribution in [1.29, 1.82) is 0 Å². The molecule has 3 aromatic rings. The average molecular weight is 263 g/mol. The SMILES string of the molecule is c1ccc(CNCc2ccn(-c3ccccc3)n2)cc1. The standard InChI is InChI=1S/C17H17N3/c1-3-7-15(8-4-1)13-18-14-16-11-12-20(19-16)17-9-5-2-6-10-17/h1-12,18H,13-14H2. The highest BCUT2D eigenvalue weighted by molar-refractivity contribution is 5.30. The van der Waals surface area contributed by atoms with Crippen molar-refractivity contribution in [3.05, 3.63) is 84.2 Å². The molecule has 0 radical (unpaired) electrons. The van der Waals surface area contributed by atoms with Gasteiger partial charge >= 0.3 is 0 Å². The van der Waals surface area contributed by atoms with Gasteiger partial charge in [0.25, 0.3) is 0 Å². The Morgan fingerprint density at radius 3 is 2.25 bits per heavy atom. The summed E-state index contributed by atoms with van der Waals surface area (Å²) in [6.45, 7) is 1.63. The van der Waals surface area contributed by atoms with Crippen LogP contribution in [0, 0.1) is 0 Å². The van der Waals surface area contributed by atoms with Crippen molar-refractivity contribution in [1.82, 2.24) is 15.1 Å². The van der Waals surface area contributed by atoms with E-state index in [4.69, 9.17) is 0 Å². The van der Waals surface area contributed by atoms with Gasteiger partial charge in [-0.3, -0.25) is 0 Å². The number of aromatic nitrogens is 2. The van der Waals surface area contributed by atoms with Gasteiger partial charge in [-0.25, -0.2) is 4.68 Å². The van der Waals surface area contributed by atoms with Gasteiger partial charge in [-0.05, 0) is 23.8 Å². The van der Waals surface area contributed by atoms with E-state index in [1.54, 1.807) is 0 Å².